The van der Waals surface area contributed by atoms with Gasteiger partial charge in [0.05, 0.1) is 4.92 Å². The van der Waals surface area contributed by atoms with Gasteiger partial charge >= 0.3 is 5.97 Å². The number of phenolic OH excluding ortho intramolecular Hbond substituents is 2. The van der Waals surface area contributed by atoms with Crippen molar-refractivity contribution in [1.29, 1.82) is 0 Å². The molecule has 352 valence electrons. The van der Waals surface area contributed by atoms with Crippen molar-refractivity contribution in [2.75, 3.05) is 12.3 Å². The molecule has 0 unspecified atom stereocenters. The van der Waals surface area contributed by atoms with E-state index in [1.807, 2.05) is 0 Å². The summed E-state index contributed by atoms with van der Waals surface area (Å²) < 4.78 is 0. The van der Waals surface area contributed by atoms with Gasteiger partial charge in [0.25, 0.3) is 5.69 Å². The molecule has 0 aliphatic heterocycles. The third-order valence-electron chi connectivity index (χ3n) is 10.5. The molecule has 0 bridgehead atoms. The van der Waals surface area contributed by atoms with Crippen LogP contribution >= 0.6 is 12.6 Å². The molecule has 20 nitrogen and oxygen atoms in total. The number of aliphatic carboxylic acids is 1. The van der Waals surface area contributed by atoms with Crippen molar-refractivity contribution in [2.24, 2.45) is 11.7 Å². The number of carbonyl (C=O) groups is 7. The van der Waals surface area contributed by atoms with Gasteiger partial charge in [-0.3, -0.25) is 38.9 Å². The molecular weight excluding hydrogens is 865 g/mol. The number of unbranched alkanes of at least 4 members (excludes halogenated alkanes) is 1. The van der Waals surface area contributed by atoms with E-state index < -0.39 is 88.5 Å². The van der Waals surface area contributed by atoms with Crippen LogP contribution in [0.2, 0.25) is 0 Å². The lowest BCUT2D eigenvalue weighted by Gasteiger charge is -2.29. The van der Waals surface area contributed by atoms with Crippen molar-refractivity contribution in [3.05, 3.63) is 99.6 Å². The molecule has 0 aliphatic carbocycles. The van der Waals surface area contributed by atoms with Crippen molar-refractivity contribution in [3.63, 3.8) is 0 Å². The van der Waals surface area contributed by atoms with Crippen molar-refractivity contribution >= 4 is 59.7 Å². The highest BCUT2D eigenvalue weighted by Crippen LogP contribution is 2.17. The zero-order valence-corrected chi connectivity index (χ0v) is 37.2. The van der Waals surface area contributed by atoms with Gasteiger partial charge in [0.2, 0.25) is 35.4 Å². The second kappa shape index (κ2) is 26.1. The minimum Gasteiger partial charge on any atom is -0.508 e. The molecule has 0 aliphatic rings. The summed E-state index contributed by atoms with van der Waals surface area (Å²) >= 11 is 4.15. The molecule has 0 fully saturated rings. The highest BCUT2D eigenvalue weighted by Gasteiger charge is 2.35. The molecule has 3 rings (SSSR count). The van der Waals surface area contributed by atoms with Crippen LogP contribution in [0.15, 0.2) is 72.8 Å². The number of amides is 6. The maximum atomic E-state index is 14.3. The molecule has 65 heavy (non-hydrogen) atoms. The number of hydrogen-bond donors (Lipinski definition) is 11. The number of hydrogen-bond acceptors (Lipinski definition) is 13. The lowest BCUT2D eigenvalue weighted by molar-refractivity contribution is -0.384. The fraction of sp³-hybridized carbons (Fsp3) is 0.432. The first kappa shape index (κ1) is 52.6. The second-order valence-electron chi connectivity index (χ2n) is 15.5. The molecule has 0 heterocycles. The average molecular weight is 923 g/mol. The number of rotatable bonds is 26. The van der Waals surface area contributed by atoms with Crippen molar-refractivity contribution in [3.8, 4) is 11.5 Å². The van der Waals surface area contributed by atoms with Crippen LogP contribution in [-0.4, -0.2) is 110 Å². The molecule has 6 amide bonds. The van der Waals surface area contributed by atoms with Gasteiger partial charge in [0.15, 0.2) is 0 Å². The Hall–Kier alpha value is -6.74. The molecule has 0 radical (unpaired) electrons. The molecule has 0 spiro atoms. The number of carboxylic acid groups (broad SMARTS) is 1. The van der Waals surface area contributed by atoms with Crippen molar-refractivity contribution < 1.29 is 53.8 Å². The summed E-state index contributed by atoms with van der Waals surface area (Å²) in [4.78, 5) is 105. The topological polar surface area (TPSA) is 322 Å². The number of nitro groups is 1. The Bertz CT molecular complexity index is 2110. The summed E-state index contributed by atoms with van der Waals surface area (Å²) in [6.07, 6.45) is 0.560. The standard InChI is InChI=1S/C44H58N8O12S/c1-4-25(2)38(51-42(59)37(24-65)46-26(3)53)43(60)49-35(22-28-10-16-31(54)17-11-28)40(57)47-33(7-5-6-20-45)39(56)48-34(21-27-8-14-30(15-9-27)52(63)64)41(58)50-36(44(61)62)23-29-12-18-32(55)19-13-29/h8-19,25,33-38,54-55,65H,4-7,20-24,45H2,1-3H3,(H,46,53)(H,47,57)(H,48,56)(H,49,60)(H,50,58)(H,51,59)(H,61,62)/t25-,33-,34-,35-,36-,37-,38-/m0/s1. The third-order valence-corrected chi connectivity index (χ3v) is 10.8. The molecule has 3 aromatic carbocycles. The van der Waals surface area contributed by atoms with E-state index in [1.54, 1.807) is 13.8 Å². The van der Waals surface area contributed by atoms with Gasteiger partial charge in [-0.25, -0.2) is 4.79 Å². The Kier molecular flexibility index (Phi) is 21.2. The smallest absolute Gasteiger partial charge is 0.326 e. The molecule has 11 N–H and O–H groups in total. The quantitative estimate of drug-likeness (QED) is 0.0233. The number of non-ortho nitro benzene ring substituents is 1. The first-order chi connectivity index (χ1) is 30.8. The largest absolute Gasteiger partial charge is 0.508 e. The van der Waals surface area contributed by atoms with Crippen molar-refractivity contribution in [1.82, 2.24) is 31.9 Å². The predicted molar refractivity (Wildman–Crippen MR) is 242 cm³/mol. The lowest BCUT2D eigenvalue weighted by Crippen LogP contribution is -2.61. The number of nitrogens with two attached hydrogens (primary N) is 1. The number of benzene rings is 3. The Morgan fingerprint density at radius 2 is 1.05 bits per heavy atom. The van der Waals surface area contributed by atoms with Gasteiger partial charge < -0.3 is 53.0 Å². The van der Waals surface area contributed by atoms with E-state index in [1.165, 1.54) is 79.7 Å². The van der Waals surface area contributed by atoms with E-state index in [2.05, 4.69) is 44.5 Å². The Labute approximate surface area is 381 Å². The lowest BCUT2D eigenvalue weighted by atomic mass is 9.96. The Morgan fingerprint density at radius 3 is 1.48 bits per heavy atom. The van der Waals surface area contributed by atoms with Gasteiger partial charge in [0.1, 0.15) is 47.8 Å². The zero-order valence-electron chi connectivity index (χ0n) is 36.3. The van der Waals surface area contributed by atoms with Crippen LogP contribution in [-0.2, 0) is 52.8 Å². The van der Waals surface area contributed by atoms with E-state index >= 15 is 0 Å². The number of nitro benzene ring substituents is 1. The summed E-state index contributed by atoms with van der Waals surface area (Å²) in [6, 6.07) is 8.66. The van der Waals surface area contributed by atoms with Crippen LogP contribution in [0, 0.1) is 16.0 Å². The third kappa shape index (κ3) is 17.4. The highest BCUT2D eigenvalue weighted by atomic mass is 32.1. The molecule has 0 saturated heterocycles. The number of aromatic hydroxyl groups is 2. The minimum atomic E-state index is -1.49. The molecular formula is C44H58N8O12S. The number of nitrogens with one attached hydrogen (secondary N) is 6. The second-order valence-corrected chi connectivity index (χ2v) is 15.9. The van der Waals surface area contributed by atoms with Crippen LogP contribution in [0.1, 0.15) is 63.1 Å². The maximum absolute atomic E-state index is 14.3. The highest BCUT2D eigenvalue weighted by molar-refractivity contribution is 7.80. The van der Waals surface area contributed by atoms with Gasteiger partial charge in [0, 0.05) is 44.1 Å². The number of thiol groups is 1. The predicted octanol–water partition coefficient (Wildman–Crippen LogP) is 1.15. The molecule has 0 aromatic heterocycles. The van der Waals surface area contributed by atoms with Crippen molar-refractivity contribution in [2.45, 2.75) is 102 Å². The molecule has 3 aromatic rings. The summed E-state index contributed by atoms with van der Waals surface area (Å²) in [5, 5.41) is 56.6. The Morgan fingerprint density at radius 1 is 0.631 bits per heavy atom. The number of carboxylic acids is 1. The Balaban J connectivity index is 1.98. The van der Waals surface area contributed by atoms with E-state index in [9.17, 15) is 59.0 Å². The van der Waals surface area contributed by atoms with E-state index in [0.29, 0.717) is 36.0 Å². The fourth-order valence-corrected chi connectivity index (χ4v) is 6.84. The number of carbonyl (C=O) groups excluding carboxylic acids is 6. The fourth-order valence-electron chi connectivity index (χ4n) is 6.58. The van der Waals surface area contributed by atoms with Crippen LogP contribution in [0.5, 0.6) is 11.5 Å². The van der Waals surface area contributed by atoms with Gasteiger partial charge in [-0.1, -0.05) is 56.7 Å². The summed E-state index contributed by atoms with van der Waals surface area (Å²) in [6.45, 7) is 4.96. The van der Waals surface area contributed by atoms with Gasteiger partial charge in [-0.15, -0.1) is 0 Å². The van der Waals surface area contributed by atoms with Gasteiger partial charge in [-0.05, 0) is 72.7 Å². The summed E-state index contributed by atoms with van der Waals surface area (Å²) in [5.74, 6) is -6.61. The maximum Gasteiger partial charge on any atom is 0.326 e. The first-order valence-corrected chi connectivity index (χ1v) is 21.6. The monoisotopic (exact) mass is 922 g/mol. The first-order valence-electron chi connectivity index (χ1n) is 21.0. The van der Waals surface area contributed by atoms with Crippen LogP contribution in [0.25, 0.3) is 0 Å². The van der Waals surface area contributed by atoms with Crippen LogP contribution < -0.4 is 37.6 Å². The van der Waals surface area contributed by atoms with E-state index in [-0.39, 0.29) is 55.2 Å². The number of nitrogens with zero attached hydrogens (tertiary/aromatic N) is 1. The normalized spacial score (nSPS) is 14.2. The summed E-state index contributed by atoms with van der Waals surface area (Å²) in [5.41, 5.74) is 6.84. The molecule has 0 saturated carbocycles. The molecule has 21 heteroatoms. The SMILES string of the molecule is CC[C@H](C)[C@H](NC(=O)[C@H](CS)NC(C)=O)C(=O)N[C@@H](Cc1ccc(O)cc1)C(=O)N[C@@H](CCCCN)C(=O)N[C@@H](Cc1ccc([N+](=O)[O-])cc1)C(=O)N[C@@H](Cc1ccc(O)cc1)C(=O)O. The average Bonchev–Trinajstić information content (AvgIpc) is 3.27. The minimum absolute atomic E-state index is 0.00105. The summed E-state index contributed by atoms with van der Waals surface area (Å²) in [7, 11) is 0. The zero-order chi connectivity index (χ0) is 48.2. The van der Waals surface area contributed by atoms with Crippen LogP contribution in [0.3, 0.4) is 0 Å². The van der Waals surface area contributed by atoms with E-state index in [4.69, 9.17) is 5.73 Å². The molecule has 7 atom stereocenters. The van der Waals surface area contributed by atoms with Crippen LogP contribution in [0.4, 0.5) is 5.69 Å². The van der Waals surface area contributed by atoms with E-state index in [0.717, 1.165) is 0 Å². The number of phenols is 2. The van der Waals surface area contributed by atoms with Gasteiger partial charge in [-0.2, -0.15) is 12.6 Å².